The second kappa shape index (κ2) is 8.83. The molecule has 1 unspecified atom stereocenters. The van der Waals surface area contributed by atoms with Crippen molar-refractivity contribution in [3.8, 4) is 0 Å². The monoisotopic (exact) mass is 373 g/mol. The summed E-state index contributed by atoms with van der Waals surface area (Å²) in [5.74, 6) is -0.415. The average molecular weight is 374 g/mol. The normalized spacial score (nSPS) is 18.3. The molecule has 0 N–H and O–H groups in total. The van der Waals surface area contributed by atoms with Gasteiger partial charge in [-0.05, 0) is 37.8 Å². The maximum absolute atomic E-state index is 12.3. The fraction of sp³-hybridized carbons (Fsp3) is 0.588. The molecule has 1 aliphatic heterocycles. The average Bonchev–Trinajstić information content (AvgIpc) is 2.58. The van der Waals surface area contributed by atoms with E-state index in [-0.39, 0.29) is 34.1 Å². The number of sulfone groups is 1. The molecule has 0 aliphatic carbocycles. The van der Waals surface area contributed by atoms with E-state index in [9.17, 15) is 13.2 Å². The van der Waals surface area contributed by atoms with Crippen LogP contribution in [-0.4, -0.2) is 51.3 Å². The number of amides is 1. The van der Waals surface area contributed by atoms with Gasteiger partial charge in [0.15, 0.2) is 9.84 Å². The second-order valence-corrected chi connectivity index (χ2v) is 8.58. The maximum Gasteiger partial charge on any atom is 0.223 e. The minimum absolute atomic E-state index is 0.0461. The third-order valence-corrected chi connectivity index (χ3v) is 6.45. The summed E-state index contributed by atoms with van der Waals surface area (Å²) >= 11 is 5.93. The standard InChI is InChI=1S/C17H24ClNO4S/c1-19(11-9-14-6-4-5-12-23-14)17(20)10-13-24(21,22)16-8-3-2-7-15(16)18/h2-3,7-8,14H,4-6,9-13H2,1H3. The zero-order chi connectivity index (χ0) is 17.6. The number of ether oxygens (including phenoxy) is 1. The Hall–Kier alpha value is -1.11. The molecular weight excluding hydrogens is 350 g/mol. The van der Waals surface area contributed by atoms with Crippen LogP contribution in [0.15, 0.2) is 29.2 Å². The molecular formula is C17H24ClNO4S. The molecule has 1 aromatic carbocycles. The van der Waals surface area contributed by atoms with Gasteiger partial charge in [-0.15, -0.1) is 0 Å². The summed E-state index contributed by atoms with van der Waals surface area (Å²) in [6, 6.07) is 6.29. The molecule has 2 rings (SSSR count). The van der Waals surface area contributed by atoms with Crippen LogP contribution in [0.1, 0.15) is 32.1 Å². The molecule has 0 bridgehead atoms. The van der Waals surface area contributed by atoms with Gasteiger partial charge in [0.25, 0.3) is 0 Å². The first-order chi connectivity index (χ1) is 11.4. The zero-order valence-corrected chi connectivity index (χ0v) is 15.5. The van der Waals surface area contributed by atoms with Crippen LogP contribution in [0.2, 0.25) is 5.02 Å². The van der Waals surface area contributed by atoms with Crippen molar-refractivity contribution in [3.63, 3.8) is 0 Å². The highest BCUT2D eigenvalue weighted by Crippen LogP contribution is 2.22. The Morgan fingerprint density at radius 2 is 2.08 bits per heavy atom. The number of halogens is 1. The number of carbonyl (C=O) groups excluding carboxylic acids is 1. The van der Waals surface area contributed by atoms with E-state index in [1.54, 1.807) is 24.1 Å². The van der Waals surface area contributed by atoms with Crippen molar-refractivity contribution in [1.29, 1.82) is 0 Å². The molecule has 1 aliphatic rings. The van der Waals surface area contributed by atoms with E-state index >= 15 is 0 Å². The lowest BCUT2D eigenvalue weighted by Gasteiger charge is -2.25. The summed E-state index contributed by atoms with van der Waals surface area (Å²) < 4.78 is 30.3. The molecule has 0 radical (unpaired) electrons. The summed E-state index contributed by atoms with van der Waals surface area (Å²) in [5.41, 5.74) is 0. The molecule has 24 heavy (non-hydrogen) atoms. The highest BCUT2D eigenvalue weighted by molar-refractivity contribution is 7.91. The van der Waals surface area contributed by atoms with Gasteiger partial charge in [0.2, 0.25) is 5.91 Å². The van der Waals surface area contributed by atoms with Crippen molar-refractivity contribution in [2.75, 3.05) is 26.0 Å². The minimum Gasteiger partial charge on any atom is -0.378 e. The molecule has 0 aromatic heterocycles. The van der Waals surface area contributed by atoms with E-state index in [2.05, 4.69) is 0 Å². The number of hydrogen-bond acceptors (Lipinski definition) is 4. The van der Waals surface area contributed by atoms with Crippen molar-refractivity contribution >= 4 is 27.3 Å². The van der Waals surface area contributed by atoms with Gasteiger partial charge in [0.1, 0.15) is 0 Å². The summed E-state index contributed by atoms with van der Waals surface area (Å²) in [5, 5.41) is 0.188. The first kappa shape index (κ1) is 19.2. The van der Waals surface area contributed by atoms with E-state index in [0.29, 0.717) is 6.54 Å². The Morgan fingerprint density at radius 1 is 1.33 bits per heavy atom. The number of benzene rings is 1. The molecule has 1 atom stereocenters. The highest BCUT2D eigenvalue weighted by Gasteiger charge is 2.21. The van der Waals surface area contributed by atoms with Crippen LogP contribution in [0.5, 0.6) is 0 Å². The second-order valence-electron chi connectivity index (χ2n) is 6.09. The van der Waals surface area contributed by atoms with Crippen molar-refractivity contribution in [2.24, 2.45) is 0 Å². The predicted octanol–water partition coefficient (Wildman–Crippen LogP) is 2.92. The van der Waals surface area contributed by atoms with Crippen LogP contribution in [0.3, 0.4) is 0 Å². The van der Waals surface area contributed by atoms with E-state index in [4.69, 9.17) is 16.3 Å². The van der Waals surface area contributed by atoms with E-state index in [1.165, 1.54) is 18.6 Å². The van der Waals surface area contributed by atoms with Crippen LogP contribution in [0, 0.1) is 0 Å². The van der Waals surface area contributed by atoms with Crippen LogP contribution in [-0.2, 0) is 19.4 Å². The molecule has 7 heteroatoms. The van der Waals surface area contributed by atoms with Crippen molar-refractivity contribution < 1.29 is 17.9 Å². The van der Waals surface area contributed by atoms with Gasteiger partial charge in [-0.1, -0.05) is 23.7 Å². The molecule has 1 saturated heterocycles. The fourth-order valence-corrected chi connectivity index (χ4v) is 4.52. The van der Waals surface area contributed by atoms with Crippen LogP contribution in [0.25, 0.3) is 0 Å². The molecule has 0 spiro atoms. The van der Waals surface area contributed by atoms with E-state index < -0.39 is 9.84 Å². The number of rotatable bonds is 7. The van der Waals surface area contributed by atoms with Crippen molar-refractivity contribution in [3.05, 3.63) is 29.3 Å². The van der Waals surface area contributed by atoms with Gasteiger partial charge in [0, 0.05) is 26.6 Å². The van der Waals surface area contributed by atoms with Crippen molar-refractivity contribution in [2.45, 2.75) is 43.1 Å². The van der Waals surface area contributed by atoms with E-state index in [0.717, 1.165) is 25.9 Å². The number of nitrogens with zero attached hydrogens (tertiary/aromatic N) is 1. The Bertz CT molecular complexity index is 656. The number of hydrogen-bond donors (Lipinski definition) is 0. The van der Waals surface area contributed by atoms with Crippen molar-refractivity contribution in [1.82, 2.24) is 4.90 Å². The van der Waals surface area contributed by atoms with Gasteiger partial charge < -0.3 is 9.64 Å². The quantitative estimate of drug-likeness (QED) is 0.737. The summed E-state index contributed by atoms with van der Waals surface area (Å²) in [6.45, 7) is 1.37. The molecule has 5 nitrogen and oxygen atoms in total. The van der Waals surface area contributed by atoms with Gasteiger partial charge in [0.05, 0.1) is 21.8 Å². The van der Waals surface area contributed by atoms with Crippen LogP contribution in [0.4, 0.5) is 0 Å². The molecule has 134 valence electrons. The molecule has 1 amide bonds. The summed E-state index contributed by atoms with van der Waals surface area (Å²) in [7, 11) is -1.86. The first-order valence-electron chi connectivity index (χ1n) is 8.23. The molecule has 1 fully saturated rings. The minimum atomic E-state index is -3.56. The van der Waals surface area contributed by atoms with Crippen LogP contribution >= 0.6 is 11.6 Å². The maximum atomic E-state index is 12.3. The van der Waals surface area contributed by atoms with Gasteiger partial charge in [-0.3, -0.25) is 4.79 Å². The Morgan fingerprint density at radius 3 is 2.75 bits per heavy atom. The first-order valence-corrected chi connectivity index (χ1v) is 10.3. The Kier molecular flexibility index (Phi) is 7.07. The van der Waals surface area contributed by atoms with Crippen LogP contribution < -0.4 is 0 Å². The summed E-state index contributed by atoms with van der Waals surface area (Å²) in [6.07, 6.45) is 4.25. The third-order valence-electron chi connectivity index (χ3n) is 4.24. The Labute approximate surface area is 148 Å². The van der Waals surface area contributed by atoms with E-state index in [1.807, 2.05) is 0 Å². The van der Waals surface area contributed by atoms with Gasteiger partial charge >= 0.3 is 0 Å². The largest absolute Gasteiger partial charge is 0.378 e. The topological polar surface area (TPSA) is 63.7 Å². The van der Waals surface area contributed by atoms with Gasteiger partial charge in [-0.2, -0.15) is 0 Å². The van der Waals surface area contributed by atoms with Gasteiger partial charge in [-0.25, -0.2) is 8.42 Å². The number of carbonyl (C=O) groups is 1. The smallest absolute Gasteiger partial charge is 0.223 e. The summed E-state index contributed by atoms with van der Waals surface area (Å²) in [4.78, 5) is 13.8. The predicted molar refractivity (Wildman–Crippen MR) is 94.0 cm³/mol. The lowest BCUT2D eigenvalue weighted by molar-refractivity contribution is -0.129. The SMILES string of the molecule is CN(CCC1CCCCO1)C(=O)CCS(=O)(=O)c1ccccc1Cl. The highest BCUT2D eigenvalue weighted by atomic mass is 35.5. The zero-order valence-electron chi connectivity index (χ0n) is 13.9. The fourth-order valence-electron chi connectivity index (χ4n) is 2.72. The molecule has 1 aromatic rings. The third kappa shape index (κ3) is 5.46. The molecule has 1 heterocycles. The molecule has 0 saturated carbocycles. The Balaban J connectivity index is 1.82. The lowest BCUT2D eigenvalue weighted by atomic mass is 10.1. The lowest BCUT2D eigenvalue weighted by Crippen LogP contribution is -2.32.